The lowest BCUT2D eigenvalue weighted by Crippen LogP contribution is -2.43. The largest absolute Gasteiger partial charge is 0.573 e. The minimum Gasteiger partial charge on any atom is -0.406 e. The summed E-state index contributed by atoms with van der Waals surface area (Å²) in [7, 11) is 0. The molecule has 4 nitrogen and oxygen atoms in total. The van der Waals surface area contributed by atoms with Crippen LogP contribution in [0, 0.1) is 16.2 Å². The zero-order chi connectivity index (χ0) is 18.7. The third-order valence-corrected chi connectivity index (χ3v) is 6.49. The number of anilines is 1. The predicted molar refractivity (Wildman–Crippen MR) is 84.9 cm³/mol. The van der Waals surface area contributed by atoms with Crippen molar-refractivity contribution in [2.75, 3.05) is 5.32 Å². The highest BCUT2D eigenvalue weighted by Gasteiger charge is 2.72. The molecule has 2 bridgehead atoms. The molecule has 3 rings (SSSR count). The monoisotopic (exact) mass is 355 g/mol. The fraction of sp³-hybridized carbons (Fsp3) is 0.556. The van der Waals surface area contributed by atoms with E-state index >= 15 is 0 Å². The number of ketones is 1. The second-order valence-corrected chi connectivity index (χ2v) is 7.67. The van der Waals surface area contributed by atoms with Gasteiger partial charge in [-0.05, 0) is 42.5 Å². The Balaban J connectivity index is 1.78. The number of rotatable bonds is 3. The molecule has 25 heavy (non-hydrogen) atoms. The van der Waals surface area contributed by atoms with Gasteiger partial charge in [-0.15, -0.1) is 13.2 Å². The van der Waals surface area contributed by atoms with Crippen LogP contribution in [0.25, 0.3) is 0 Å². The first-order chi connectivity index (χ1) is 11.4. The van der Waals surface area contributed by atoms with Gasteiger partial charge in [0.15, 0.2) is 0 Å². The molecule has 1 N–H and O–H groups in total. The highest BCUT2D eigenvalue weighted by molar-refractivity contribution is 6.04. The average Bonchev–Trinajstić information content (AvgIpc) is 2.78. The van der Waals surface area contributed by atoms with Gasteiger partial charge in [0.1, 0.15) is 11.5 Å². The third-order valence-electron chi connectivity index (χ3n) is 6.49. The molecule has 0 aliphatic heterocycles. The molecular weight excluding hydrogens is 335 g/mol. The molecule has 0 saturated heterocycles. The van der Waals surface area contributed by atoms with Crippen LogP contribution in [0.3, 0.4) is 0 Å². The van der Waals surface area contributed by atoms with Gasteiger partial charge in [0, 0.05) is 17.5 Å². The van der Waals surface area contributed by atoms with Gasteiger partial charge in [0.25, 0.3) is 0 Å². The molecule has 0 aromatic heterocycles. The van der Waals surface area contributed by atoms with Crippen molar-refractivity contribution in [3.05, 3.63) is 24.3 Å². The summed E-state index contributed by atoms with van der Waals surface area (Å²) in [5.41, 5.74) is -1.38. The molecule has 136 valence electrons. The lowest BCUT2D eigenvalue weighted by molar-refractivity contribution is -0.274. The van der Waals surface area contributed by atoms with Gasteiger partial charge >= 0.3 is 6.36 Å². The number of carbonyl (C=O) groups is 2. The van der Waals surface area contributed by atoms with E-state index in [1.165, 1.54) is 12.1 Å². The SMILES string of the molecule is CC1(C)[C@@]2(C(=O)Nc3ccc(OC(F)(F)F)cc3)CC[C@]1(C)C(=O)C2. The summed E-state index contributed by atoms with van der Waals surface area (Å²) in [4.78, 5) is 25.3. The number of fused-ring (bicyclic) bond motifs is 2. The Bertz CT molecular complexity index is 726. The van der Waals surface area contributed by atoms with Gasteiger partial charge in [0.05, 0.1) is 5.41 Å². The summed E-state index contributed by atoms with van der Waals surface area (Å²) in [5, 5.41) is 2.76. The Kier molecular flexibility index (Phi) is 3.71. The van der Waals surface area contributed by atoms with Crippen molar-refractivity contribution in [2.24, 2.45) is 16.2 Å². The van der Waals surface area contributed by atoms with E-state index in [2.05, 4.69) is 10.1 Å². The van der Waals surface area contributed by atoms with E-state index < -0.39 is 22.6 Å². The van der Waals surface area contributed by atoms with Gasteiger partial charge in [-0.2, -0.15) is 0 Å². The Morgan fingerprint density at radius 1 is 1.12 bits per heavy atom. The van der Waals surface area contributed by atoms with Crippen LogP contribution in [0.4, 0.5) is 18.9 Å². The fourth-order valence-electron chi connectivity index (χ4n) is 4.35. The first kappa shape index (κ1) is 17.8. The first-order valence-electron chi connectivity index (χ1n) is 8.12. The minimum atomic E-state index is -4.76. The third kappa shape index (κ3) is 2.51. The van der Waals surface area contributed by atoms with Crippen LogP contribution in [0.5, 0.6) is 5.75 Å². The number of amides is 1. The van der Waals surface area contributed by atoms with E-state index in [1.54, 1.807) is 0 Å². The lowest BCUT2D eigenvalue weighted by Gasteiger charge is -2.38. The van der Waals surface area contributed by atoms with Crippen molar-refractivity contribution in [1.82, 2.24) is 0 Å². The van der Waals surface area contributed by atoms with Crippen LogP contribution < -0.4 is 10.1 Å². The number of ether oxygens (including phenoxy) is 1. The number of Topliss-reactive ketones (excluding diaryl/α,β-unsaturated/α-hetero) is 1. The molecule has 0 heterocycles. The Morgan fingerprint density at radius 3 is 2.16 bits per heavy atom. The molecule has 0 radical (unpaired) electrons. The van der Waals surface area contributed by atoms with Crippen LogP contribution in [-0.2, 0) is 9.59 Å². The molecule has 0 unspecified atom stereocenters. The van der Waals surface area contributed by atoms with E-state index in [0.717, 1.165) is 12.1 Å². The van der Waals surface area contributed by atoms with Crippen LogP contribution in [-0.4, -0.2) is 18.1 Å². The molecule has 1 aromatic carbocycles. The Hall–Kier alpha value is -2.05. The number of hydrogen-bond donors (Lipinski definition) is 1. The molecular formula is C18H20F3NO3. The van der Waals surface area contributed by atoms with Gasteiger partial charge in [-0.25, -0.2) is 0 Å². The summed E-state index contributed by atoms with van der Waals surface area (Å²) >= 11 is 0. The standard InChI is InChI=1S/C18H20F3NO3/c1-15(2)16(3)8-9-17(15,10-13(16)23)14(24)22-11-4-6-12(7-5-11)25-18(19,20)21/h4-7H,8-10H2,1-3H3,(H,22,24)/t16-,17+/m1/s1. The molecule has 2 aliphatic carbocycles. The Labute approximate surface area is 143 Å². The van der Waals surface area contributed by atoms with Gasteiger partial charge < -0.3 is 10.1 Å². The van der Waals surface area contributed by atoms with Crippen LogP contribution in [0.15, 0.2) is 24.3 Å². The molecule has 2 saturated carbocycles. The number of carbonyl (C=O) groups excluding carboxylic acids is 2. The second kappa shape index (κ2) is 5.22. The van der Waals surface area contributed by atoms with Crippen molar-refractivity contribution in [2.45, 2.75) is 46.4 Å². The minimum absolute atomic E-state index is 0.104. The van der Waals surface area contributed by atoms with E-state index in [0.29, 0.717) is 18.5 Å². The molecule has 2 fully saturated rings. The maximum absolute atomic E-state index is 12.9. The van der Waals surface area contributed by atoms with Crippen LogP contribution in [0.2, 0.25) is 0 Å². The number of hydrogen-bond acceptors (Lipinski definition) is 3. The highest BCUT2D eigenvalue weighted by Crippen LogP contribution is 2.70. The van der Waals surface area contributed by atoms with Crippen molar-refractivity contribution in [1.29, 1.82) is 0 Å². The zero-order valence-corrected chi connectivity index (χ0v) is 14.3. The molecule has 7 heteroatoms. The maximum Gasteiger partial charge on any atom is 0.573 e. The highest BCUT2D eigenvalue weighted by atomic mass is 19.4. The topological polar surface area (TPSA) is 55.4 Å². The molecule has 2 atom stereocenters. The van der Waals surface area contributed by atoms with Gasteiger partial charge in [-0.1, -0.05) is 20.8 Å². The number of benzene rings is 1. The van der Waals surface area contributed by atoms with Crippen molar-refractivity contribution < 1.29 is 27.5 Å². The van der Waals surface area contributed by atoms with E-state index in [4.69, 9.17) is 0 Å². The summed E-state index contributed by atoms with van der Waals surface area (Å²) in [6, 6.07) is 5.00. The fourth-order valence-corrected chi connectivity index (χ4v) is 4.35. The zero-order valence-electron chi connectivity index (χ0n) is 14.3. The van der Waals surface area contributed by atoms with E-state index in [9.17, 15) is 22.8 Å². The lowest BCUT2D eigenvalue weighted by atomic mass is 9.64. The average molecular weight is 355 g/mol. The van der Waals surface area contributed by atoms with Gasteiger partial charge in [-0.3, -0.25) is 9.59 Å². The molecule has 2 aliphatic rings. The Morgan fingerprint density at radius 2 is 1.72 bits per heavy atom. The quantitative estimate of drug-likeness (QED) is 0.879. The van der Waals surface area contributed by atoms with Crippen LogP contribution in [0.1, 0.15) is 40.0 Å². The summed E-state index contributed by atoms with van der Waals surface area (Å²) in [5.74, 6) is -0.502. The summed E-state index contributed by atoms with van der Waals surface area (Å²) in [6.45, 7) is 5.82. The van der Waals surface area contributed by atoms with Crippen molar-refractivity contribution in [3.63, 3.8) is 0 Å². The molecule has 1 aromatic rings. The predicted octanol–water partition coefficient (Wildman–Crippen LogP) is 4.31. The normalized spacial score (nSPS) is 30.4. The summed E-state index contributed by atoms with van der Waals surface area (Å²) < 4.78 is 40.4. The molecule has 0 spiro atoms. The summed E-state index contributed by atoms with van der Waals surface area (Å²) in [6.07, 6.45) is -3.25. The number of alkyl halides is 3. The van der Waals surface area contributed by atoms with E-state index in [-0.39, 0.29) is 23.9 Å². The number of nitrogens with one attached hydrogen (secondary N) is 1. The van der Waals surface area contributed by atoms with E-state index in [1.807, 2.05) is 20.8 Å². The van der Waals surface area contributed by atoms with Crippen LogP contribution >= 0.6 is 0 Å². The van der Waals surface area contributed by atoms with Crippen molar-refractivity contribution in [3.8, 4) is 5.75 Å². The maximum atomic E-state index is 12.9. The first-order valence-corrected chi connectivity index (χ1v) is 8.12. The smallest absolute Gasteiger partial charge is 0.406 e. The van der Waals surface area contributed by atoms with Gasteiger partial charge in [0.2, 0.25) is 5.91 Å². The molecule has 1 amide bonds. The van der Waals surface area contributed by atoms with Crippen molar-refractivity contribution >= 4 is 17.4 Å². The second-order valence-electron chi connectivity index (χ2n) is 7.67. The number of halogens is 3.